The van der Waals surface area contributed by atoms with Crippen molar-refractivity contribution in [3.8, 4) is 0 Å². The van der Waals surface area contributed by atoms with Crippen molar-refractivity contribution in [3.05, 3.63) is 21.9 Å². The molecule has 0 aliphatic carbocycles. The van der Waals surface area contributed by atoms with Crippen LogP contribution in [0, 0.1) is 6.92 Å². The van der Waals surface area contributed by atoms with Gasteiger partial charge in [0.1, 0.15) is 0 Å². The molecule has 0 bridgehead atoms. The topological polar surface area (TPSA) is 46.1 Å². The van der Waals surface area contributed by atoms with Crippen LogP contribution in [0.4, 0.5) is 4.79 Å². The van der Waals surface area contributed by atoms with E-state index in [1.807, 2.05) is 0 Å². The number of carbonyl (C=O) groups excluding carboxylic acids is 1. The Labute approximate surface area is 110 Å². The Balaban J connectivity index is 2.06. The van der Waals surface area contributed by atoms with Crippen molar-refractivity contribution in [2.45, 2.75) is 25.8 Å². The van der Waals surface area contributed by atoms with E-state index in [-0.39, 0.29) is 12.1 Å². The molecule has 17 heavy (non-hydrogen) atoms. The zero-order valence-corrected chi connectivity index (χ0v) is 11.1. The summed E-state index contributed by atoms with van der Waals surface area (Å²) in [5.41, 5.74) is 0.670. The Morgan fingerprint density at radius 1 is 1.47 bits per heavy atom. The molecule has 2 rings (SSSR count). The zero-order chi connectivity index (χ0) is 12.4. The Morgan fingerprint density at radius 3 is 2.65 bits per heavy atom. The molecule has 1 fully saturated rings. The SMILES string of the molecule is Cc1c(Cl)c(Cl)cn1C(=O)NC1CCNCC1. The van der Waals surface area contributed by atoms with Gasteiger partial charge in [0.15, 0.2) is 0 Å². The number of rotatable bonds is 1. The smallest absolute Gasteiger partial charge is 0.326 e. The lowest BCUT2D eigenvalue weighted by Gasteiger charge is -2.23. The minimum atomic E-state index is -0.164. The van der Waals surface area contributed by atoms with Crippen LogP contribution < -0.4 is 10.6 Å². The van der Waals surface area contributed by atoms with Crippen molar-refractivity contribution in [1.29, 1.82) is 0 Å². The number of nitrogens with one attached hydrogen (secondary N) is 2. The molecule has 2 N–H and O–H groups in total. The van der Waals surface area contributed by atoms with E-state index in [0.29, 0.717) is 15.7 Å². The first-order chi connectivity index (χ1) is 8.09. The van der Waals surface area contributed by atoms with E-state index < -0.39 is 0 Å². The molecule has 0 unspecified atom stereocenters. The fourth-order valence-corrected chi connectivity index (χ4v) is 2.34. The first-order valence-corrected chi connectivity index (χ1v) is 6.39. The molecule has 1 aliphatic heterocycles. The second kappa shape index (κ2) is 5.29. The summed E-state index contributed by atoms with van der Waals surface area (Å²) in [4.78, 5) is 12.0. The summed E-state index contributed by atoms with van der Waals surface area (Å²) in [5.74, 6) is 0. The molecule has 0 aromatic carbocycles. The molecule has 1 aromatic rings. The van der Waals surface area contributed by atoms with Gasteiger partial charge in [-0.25, -0.2) is 4.79 Å². The van der Waals surface area contributed by atoms with Crippen molar-refractivity contribution in [2.75, 3.05) is 13.1 Å². The lowest BCUT2D eigenvalue weighted by atomic mass is 10.1. The molecule has 0 atom stereocenters. The highest BCUT2D eigenvalue weighted by Gasteiger charge is 2.19. The number of carbonyl (C=O) groups is 1. The van der Waals surface area contributed by atoms with Crippen molar-refractivity contribution in [1.82, 2.24) is 15.2 Å². The predicted octanol–water partition coefficient (Wildman–Crippen LogP) is 2.41. The molecule has 0 saturated carbocycles. The number of halogens is 2. The highest BCUT2D eigenvalue weighted by atomic mass is 35.5. The van der Waals surface area contributed by atoms with E-state index in [1.165, 1.54) is 4.57 Å². The van der Waals surface area contributed by atoms with E-state index in [4.69, 9.17) is 23.2 Å². The summed E-state index contributed by atoms with van der Waals surface area (Å²) in [7, 11) is 0. The van der Waals surface area contributed by atoms with Gasteiger partial charge in [-0.05, 0) is 32.9 Å². The normalized spacial score (nSPS) is 17.1. The van der Waals surface area contributed by atoms with Crippen LogP contribution in [0.5, 0.6) is 0 Å². The van der Waals surface area contributed by atoms with Gasteiger partial charge >= 0.3 is 6.03 Å². The molecule has 1 amide bonds. The second-order valence-electron chi connectivity index (χ2n) is 4.22. The molecule has 2 heterocycles. The van der Waals surface area contributed by atoms with Gasteiger partial charge in [-0.15, -0.1) is 0 Å². The van der Waals surface area contributed by atoms with Crippen LogP contribution in [0.1, 0.15) is 18.5 Å². The van der Waals surface area contributed by atoms with Crippen LogP contribution in [0.3, 0.4) is 0 Å². The zero-order valence-electron chi connectivity index (χ0n) is 9.59. The molecule has 0 spiro atoms. The maximum Gasteiger partial charge on any atom is 0.326 e. The minimum absolute atomic E-state index is 0.164. The molecular formula is C11H15Cl2N3O. The fraction of sp³-hybridized carbons (Fsp3) is 0.545. The van der Waals surface area contributed by atoms with Crippen molar-refractivity contribution in [2.24, 2.45) is 0 Å². The summed E-state index contributed by atoms with van der Waals surface area (Å²) in [5, 5.41) is 7.08. The third kappa shape index (κ3) is 2.76. The van der Waals surface area contributed by atoms with E-state index in [9.17, 15) is 4.79 Å². The van der Waals surface area contributed by atoms with E-state index >= 15 is 0 Å². The van der Waals surface area contributed by atoms with Crippen LogP contribution in [0.25, 0.3) is 0 Å². The Kier molecular flexibility index (Phi) is 3.97. The van der Waals surface area contributed by atoms with Gasteiger partial charge in [0, 0.05) is 17.9 Å². The molecule has 1 aromatic heterocycles. The van der Waals surface area contributed by atoms with Crippen molar-refractivity contribution < 1.29 is 4.79 Å². The van der Waals surface area contributed by atoms with E-state index in [1.54, 1.807) is 13.1 Å². The third-order valence-electron chi connectivity index (χ3n) is 3.02. The van der Waals surface area contributed by atoms with Gasteiger partial charge in [-0.2, -0.15) is 0 Å². The lowest BCUT2D eigenvalue weighted by molar-refractivity contribution is 0.234. The Bertz CT molecular complexity index is 425. The molecule has 94 valence electrons. The number of aromatic nitrogens is 1. The highest BCUT2D eigenvalue weighted by Crippen LogP contribution is 2.27. The minimum Gasteiger partial charge on any atom is -0.335 e. The van der Waals surface area contributed by atoms with Gasteiger partial charge in [0.05, 0.1) is 10.0 Å². The van der Waals surface area contributed by atoms with Crippen LogP contribution in [0.15, 0.2) is 6.20 Å². The average Bonchev–Trinajstić information content (AvgIpc) is 2.58. The summed E-state index contributed by atoms with van der Waals surface area (Å²) in [6, 6.07) is 0.0614. The lowest BCUT2D eigenvalue weighted by Crippen LogP contribution is -2.44. The predicted molar refractivity (Wildman–Crippen MR) is 69.0 cm³/mol. The van der Waals surface area contributed by atoms with Crippen LogP contribution >= 0.6 is 23.2 Å². The van der Waals surface area contributed by atoms with Gasteiger partial charge in [-0.1, -0.05) is 23.2 Å². The number of hydrogen-bond donors (Lipinski definition) is 2. The highest BCUT2D eigenvalue weighted by molar-refractivity contribution is 6.42. The number of amides is 1. The summed E-state index contributed by atoms with van der Waals surface area (Å²) < 4.78 is 1.46. The molecule has 1 aliphatic rings. The van der Waals surface area contributed by atoms with Gasteiger partial charge in [0.25, 0.3) is 0 Å². The van der Waals surface area contributed by atoms with Gasteiger partial charge in [-0.3, -0.25) is 4.57 Å². The first-order valence-electron chi connectivity index (χ1n) is 5.64. The van der Waals surface area contributed by atoms with E-state index in [2.05, 4.69) is 10.6 Å². The number of piperidine rings is 1. The summed E-state index contributed by atoms with van der Waals surface area (Å²) in [6.45, 7) is 3.66. The van der Waals surface area contributed by atoms with Crippen LogP contribution in [-0.4, -0.2) is 29.7 Å². The molecule has 0 radical (unpaired) electrons. The summed E-state index contributed by atoms with van der Waals surface area (Å²) in [6.07, 6.45) is 3.46. The monoisotopic (exact) mass is 275 g/mol. The van der Waals surface area contributed by atoms with Gasteiger partial charge < -0.3 is 10.6 Å². The quantitative estimate of drug-likeness (QED) is 0.827. The van der Waals surface area contributed by atoms with Gasteiger partial charge in [0.2, 0.25) is 0 Å². The average molecular weight is 276 g/mol. The molecule has 6 heteroatoms. The maximum atomic E-state index is 12.0. The van der Waals surface area contributed by atoms with Crippen molar-refractivity contribution >= 4 is 29.2 Å². The van der Waals surface area contributed by atoms with Crippen molar-refractivity contribution in [3.63, 3.8) is 0 Å². The number of nitrogens with zero attached hydrogens (tertiary/aromatic N) is 1. The Morgan fingerprint density at radius 2 is 2.12 bits per heavy atom. The molecular weight excluding hydrogens is 261 g/mol. The van der Waals surface area contributed by atoms with E-state index in [0.717, 1.165) is 25.9 Å². The van der Waals surface area contributed by atoms with Crippen LogP contribution in [-0.2, 0) is 0 Å². The fourth-order valence-electron chi connectivity index (χ4n) is 1.97. The largest absolute Gasteiger partial charge is 0.335 e. The van der Waals surface area contributed by atoms with Crippen LogP contribution in [0.2, 0.25) is 10.0 Å². The number of hydrogen-bond acceptors (Lipinski definition) is 2. The maximum absolute atomic E-state index is 12.0. The third-order valence-corrected chi connectivity index (χ3v) is 3.88. The standard InChI is InChI=1S/C11H15Cl2N3O/c1-7-10(13)9(12)6-16(7)11(17)15-8-2-4-14-5-3-8/h6,8,14H,2-5H2,1H3,(H,15,17). The second-order valence-corrected chi connectivity index (χ2v) is 5.01. The Hall–Kier alpha value is -0.710. The molecule has 1 saturated heterocycles. The first kappa shape index (κ1) is 12.7. The molecule has 4 nitrogen and oxygen atoms in total. The summed E-state index contributed by atoms with van der Waals surface area (Å²) >= 11 is 11.8.